The summed E-state index contributed by atoms with van der Waals surface area (Å²) >= 11 is 0. The van der Waals surface area contributed by atoms with Gasteiger partial charge in [0.05, 0.1) is 24.2 Å². The average Bonchev–Trinajstić information content (AvgIpc) is 3.66. The summed E-state index contributed by atoms with van der Waals surface area (Å²) < 4.78 is 6.26. The number of likely N-dealkylation sites (N-methyl/N-ethyl adjacent to an activating group) is 1. The third-order valence-corrected chi connectivity index (χ3v) is 9.68. The number of likely N-dealkylation sites (tertiary alicyclic amines) is 1. The van der Waals surface area contributed by atoms with Crippen LogP contribution < -0.4 is 9.64 Å². The van der Waals surface area contributed by atoms with Crippen molar-refractivity contribution in [1.29, 1.82) is 5.26 Å². The number of aromatic nitrogens is 2. The van der Waals surface area contributed by atoms with Crippen molar-refractivity contribution in [3.63, 3.8) is 0 Å². The Labute approximate surface area is 248 Å². The molecule has 1 aromatic heterocycles. The van der Waals surface area contributed by atoms with Crippen LogP contribution in [0.2, 0.25) is 0 Å². The fourth-order valence-corrected chi connectivity index (χ4v) is 7.35. The summed E-state index contributed by atoms with van der Waals surface area (Å²) in [5.41, 5.74) is 4.48. The molecular weight excluding hydrogens is 530 g/mol. The van der Waals surface area contributed by atoms with E-state index in [0.29, 0.717) is 51.4 Å². The van der Waals surface area contributed by atoms with E-state index >= 15 is 0 Å². The second-order valence-electron chi connectivity index (χ2n) is 12.8. The Hall–Kier alpha value is -3.68. The van der Waals surface area contributed by atoms with Crippen molar-refractivity contribution in [2.45, 2.75) is 76.2 Å². The van der Waals surface area contributed by atoms with Crippen LogP contribution in [0.15, 0.2) is 30.9 Å². The van der Waals surface area contributed by atoms with Gasteiger partial charge >= 0.3 is 6.01 Å². The van der Waals surface area contributed by atoms with E-state index in [1.165, 1.54) is 23.6 Å². The van der Waals surface area contributed by atoms with Crippen LogP contribution in [0.1, 0.15) is 68.0 Å². The van der Waals surface area contributed by atoms with E-state index in [9.17, 15) is 15.2 Å². The van der Waals surface area contributed by atoms with Crippen molar-refractivity contribution in [2.75, 3.05) is 44.7 Å². The number of nitrogens with zero attached hydrogens (tertiary/aromatic N) is 7. The number of piperazine rings is 1. The van der Waals surface area contributed by atoms with Crippen LogP contribution in [0, 0.1) is 11.3 Å². The molecule has 3 atom stereocenters. The number of hydrogen-bond acceptors (Lipinski definition) is 9. The van der Waals surface area contributed by atoms with Crippen LogP contribution in [0.3, 0.4) is 0 Å². The molecular formula is C32H41N7O3. The van der Waals surface area contributed by atoms with Crippen LogP contribution >= 0.6 is 0 Å². The summed E-state index contributed by atoms with van der Waals surface area (Å²) in [6.45, 7) is 12.7. The number of anilines is 1. The smallest absolute Gasteiger partial charge is 0.318 e. The molecule has 1 amide bonds. The minimum absolute atomic E-state index is 0.00288. The lowest BCUT2D eigenvalue weighted by atomic mass is 9.86. The molecule has 222 valence electrons. The number of phenolic OH excluding ortho intramolecular Hbond substituents is 1. The maximum atomic E-state index is 12.5. The lowest BCUT2D eigenvalue weighted by molar-refractivity contribution is -0.128. The minimum atomic E-state index is -0.251. The average molecular weight is 572 g/mol. The fourth-order valence-electron chi connectivity index (χ4n) is 7.35. The Bertz CT molecular complexity index is 1420. The van der Waals surface area contributed by atoms with Crippen molar-refractivity contribution >= 4 is 11.7 Å². The van der Waals surface area contributed by atoms with Gasteiger partial charge in [-0.25, -0.2) is 0 Å². The van der Waals surface area contributed by atoms with Crippen LogP contribution in [0.4, 0.5) is 5.82 Å². The molecule has 2 fully saturated rings. The number of nitriles is 1. The van der Waals surface area contributed by atoms with E-state index in [1.54, 1.807) is 11.0 Å². The third-order valence-electron chi connectivity index (χ3n) is 9.68. The maximum absolute atomic E-state index is 12.5. The number of aromatic hydroxyl groups is 1. The Morgan fingerprint density at radius 3 is 2.81 bits per heavy atom. The van der Waals surface area contributed by atoms with Crippen LogP contribution in [-0.2, 0) is 23.3 Å². The van der Waals surface area contributed by atoms with Gasteiger partial charge in [-0.15, -0.1) is 0 Å². The Kier molecular flexibility index (Phi) is 7.58. The predicted octanol–water partition coefficient (Wildman–Crippen LogP) is 3.51. The summed E-state index contributed by atoms with van der Waals surface area (Å²) in [6, 6.07) is 8.65. The van der Waals surface area contributed by atoms with Crippen molar-refractivity contribution in [3.05, 3.63) is 53.2 Å². The topological polar surface area (TPSA) is 109 Å². The van der Waals surface area contributed by atoms with Crippen LogP contribution in [-0.4, -0.2) is 87.6 Å². The van der Waals surface area contributed by atoms with Crippen molar-refractivity contribution in [1.82, 2.24) is 24.7 Å². The second kappa shape index (κ2) is 11.2. The number of benzene rings is 1. The van der Waals surface area contributed by atoms with Gasteiger partial charge < -0.3 is 24.5 Å². The number of ether oxygens (including phenoxy) is 1. The van der Waals surface area contributed by atoms with E-state index in [2.05, 4.69) is 54.3 Å². The Morgan fingerprint density at radius 2 is 2.07 bits per heavy atom. The fraction of sp³-hybridized carbons (Fsp3) is 0.562. The highest BCUT2D eigenvalue weighted by atomic mass is 16.5. The Morgan fingerprint density at radius 1 is 1.24 bits per heavy atom. The molecule has 0 radical (unpaired) electrons. The largest absolute Gasteiger partial charge is 0.508 e. The molecule has 3 aliphatic heterocycles. The standard InChI is InChI=1S/C32H41N7O3/c1-5-29(41)39-14-13-37(17-21(39)10-11-33)30-25-18-38(28-16-32(2,3)26-9-8-23(40)15-24(26)28)19-27(25)34-31(35-30)42-20-22-7-6-12-36(22)4/h5,8-9,15,21-22,28,40H,1,6-7,10,12-14,16-20H2,2-4H3/t21-,22-,28?/m0/s1. The van der Waals surface area contributed by atoms with E-state index in [4.69, 9.17) is 14.7 Å². The number of amides is 1. The molecule has 1 N–H and O–H groups in total. The van der Waals surface area contributed by atoms with Gasteiger partial charge in [-0.05, 0) is 67.6 Å². The zero-order valence-electron chi connectivity index (χ0n) is 24.9. The first-order valence-corrected chi connectivity index (χ1v) is 15.0. The lowest BCUT2D eigenvalue weighted by Gasteiger charge is -2.41. The van der Waals surface area contributed by atoms with Crippen LogP contribution in [0.5, 0.6) is 11.8 Å². The Balaban J connectivity index is 1.31. The monoisotopic (exact) mass is 571 g/mol. The number of carbonyl (C=O) groups is 1. The molecule has 6 rings (SSSR count). The molecule has 1 aromatic carbocycles. The van der Waals surface area contributed by atoms with Crippen molar-refractivity contribution < 1.29 is 14.6 Å². The highest BCUT2D eigenvalue weighted by molar-refractivity contribution is 5.87. The molecule has 2 aromatic rings. The SMILES string of the molecule is C=CC(=O)N1CCN(c2nc(OC[C@@H]3CCCN3C)nc3c2CN(C2CC(C)(C)c4ccc(O)cc42)C3)C[C@@H]1CC#N. The van der Waals surface area contributed by atoms with Gasteiger partial charge in [0.2, 0.25) is 5.91 Å². The zero-order valence-corrected chi connectivity index (χ0v) is 24.9. The van der Waals surface area contributed by atoms with Gasteiger partial charge in [0.15, 0.2) is 0 Å². The van der Waals surface area contributed by atoms with E-state index in [-0.39, 0.29) is 35.6 Å². The molecule has 1 unspecified atom stereocenters. The molecule has 10 heteroatoms. The molecule has 42 heavy (non-hydrogen) atoms. The molecule has 10 nitrogen and oxygen atoms in total. The van der Waals surface area contributed by atoms with Crippen molar-refractivity contribution in [3.8, 4) is 17.8 Å². The number of carbonyl (C=O) groups excluding carboxylic acids is 1. The van der Waals surface area contributed by atoms with E-state index in [0.717, 1.165) is 36.5 Å². The maximum Gasteiger partial charge on any atom is 0.318 e. The van der Waals surface area contributed by atoms with Gasteiger partial charge in [0.25, 0.3) is 0 Å². The molecule has 1 aliphatic carbocycles. The normalized spacial score (nSPS) is 25.2. The first-order valence-electron chi connectivity index (χ1n) is 15.0. The number of hydrogen-bond donors (Lipinski definition) is 1. The highest BCUT2D eigenvalue weighted by Gasteiger charge is 2.43. The van der Waals surface area contributed by atoms with Crippen LogP contribution in [0.25, 0.3) is 0 Å². The van der Waals surface area contributed by atoms with Gasteiger partial charge in [0.1, 0.15) is 18.2 Å². The molecule has 2 saturated heterocycles. The molecule has 0 saturated carbocycles. The van der Waals surface area contributed by atoms with Gasteiger partial charge in [-0.3, -0.25) is 9.69 Å². The summed E-state index contributed by atoms with van der Waals surface area (Å²) in [7, 11) is 2.13. The number of fused-ring (bicyclic) bond motifs is 2. The quantitative estimate of drug-likeness (QED) is 0.500. The molecule has 0 spiro atoms. The summed E-state index contributed by atoms with van der Waals surface area (Å²) in [4.78, 5) is 31.2. The molecule has 4 heterocycles. The van der Waals surface area contributed by atoms with Gasteiger partial charge in [-0.2, -0.15) is 15.2 Å². The third kappa shape index (κ3) is 5.20. The zero-order chi connectivity index (χ0) is 29.6. The number of rotatable bonds is 7. The molecule has 0 bridgehead atoms. The summed E-state index contributed by atoms with van der Waals surface area (Å²) in [5.74, 6) is 0.973. The highest BCUT2D eigenvalue weighted by Crippen LogP contribution is 2.50. The first kappa shape index (κ1) is 28.4. The van der Waals surface area contributed by atoms with Gasteiger partial charge in [-0.1, -0.05) is 26.5 Å². The first-order chi connectivity index (χ1) is 20.2. The minimum Gasteiger partial charge on any atom is -0.508 e. The van der Waals surface area contributed by atoms with E-state index < -0.39 is 0 Å². The lowest BCUT2D eigenvalue weighted by Crippen LogP contribution is -2.55. The number of phenols is 1. The summed E-state index contributed by atoms with van der Waals surface area (Å²) in [5, 5.41) is 19.9. The van der Waals surface area contributed by atoms with E-state index in [1.807, 2.05) is 6.07 Å². The van der Waals surface area contributed by atoms with Crippen molar-refractivity contribution in [2.24, 2.45) is 0 Å². The predicted molar refractivity (Wildman–Crippen MR) is 159 cm³/mol. The molecule has 4 aliphatic rings. The van der Waals surface area contributed by atoms with Gasteiger partial charge in [0, 0.05) is 50.4 Å². The second-order valence-corrected chi connectivity index (χ2v) is 12.8. The summed E-state index contributed by atoms with van der Waals surface area (Å²) in [6.07, 6.45) is 4.78.